The molecule has 1 N–H and O–H groups in total. The van der Waals surface area contributed by atoms with Crippen LogP contribution in [0.25, 0.3) is 17.1 Å². The summed E-state index contributed by atoms with van der Waals surface area (Å²) in [6.07, 6.45) is 0. The van der Waals surface area contributed by atoms with Gasteiger partial charge in [0.05, 0.1) is 5.69 Å². The van der Waals surface area contributed by atoms with E-state index in [4.69, 9.17) is 16.6 Å². The molecule has 1 aromatic heterocycles. The van der Waals surface area contributed by atoms with Gasteiger partial charge in [-0.25, -0.2) is 4.98 Å². The van der Waals surface area contributed by atoms with Crippen molar-refractivity contribution in [1.29, 1.82) is 5.26 Å². The summed E-state index contributed by atoms with van der Waals surface area (Å²) < 4.78 is 1.53. The van der Waals surface area contributed by atoms with Crippen LogP contribution in [-0.2, 0) is 0 Å². The Hall–Kier alpha value is -3.53. The third kappa shape index (κ3) is 3.05. The standard InChI is InChI=1S/C23H13ClN4OS/c24-14-9-11-15(12-10-14)26-21-17(13-25)23(29)28-18-6-2-4-8-20(18)30-19-7-3-1-5-16(19)22(28)27-21/h1-12,26H. The van der Waals surface area contributed by atoms with E-state index in [0.717, 1.165) is 15.4 Å². The Balaban J connectivity index is 1.81. The van der Waals surface area contributed by atoms with Gasteiger partial charge in [-0.3, -0.25) is 9.36 Å². The van der Waals surface area contributed by atoms with Crippen LogP contribution in [0.3, 0.4) is 0 Å². The first-order valence-corrected chi connectivity index (χ1v) is 10.3. The predicted octanol–water partition coefficient (Wildman–Crippen LogP) is 5.63. The Morgan fingerprint density at radius 3 is 2.43 bits per heavy atom. The zero-order valence-electron chi connectivity index (χ0n) is 15.5. The van der Waals surface area contributed by atoms with Crippen molar-refractivity contribution in [3.05, 3.63) is 93.7 Å². The third-order valence-corrected chi connectivity index (χ3v) is 6.15. The summed E-state index contributed by atoms with van der Waals surface area (Å²) in [5, 5.41) is 13.5. The first-order valence-electron chi connectivity index (χ1n) is 9.12. The van der Waals surface area contributed by atoms with E-state index in [1.54, 1.807) is 36.0 Å². The lowest BCUT2D eigenvalue weighted by Gasteiger charge is -2.15. The summed E-state index contributed by atoms with van der Waals surface area (Å²) in [6, 6.07) is 24.5. The Morgan fingerprint density at radius 2 is 1.67 bits per heavy atom. The molecule has 2 heterocycles. The number of nitrogens with one attached hydrogen (secondary N) is 1. The van der Waals surface area contributed by atoms with Crippen LogP contribution in [0.4, 0.5) is 11.5 Å². The Morgan fingerprint density at radius 1 is 0.967 bits per heavy atom. The number of hydrogen-bond donors (Lipinski definition) is 1. The predicted molar refractivity (Wildman–Crippen MR) is 119 cm³/mol. The van der Waals surface area contributed by atoms with E-state index in [1.165, 1.54) is 4.57 Å². The first-order chi connectivity index (χ1) is 14.7. The largest absolute Gasteiger partial charge is 0.339 e. The summed E-state index contributed by atoms with van der Waals surface area (Å²) in [6.45, 7) is 0. The van der Waals surface area contributed by atoms with E-state index in [1.807, 2.05) is 54.6 Å². The molecule has 0 amide bonds. The van der Waals surface area contributed by atoms with Crippen LogP contribution in [0.15, 0.2) is 87.4 Å². The molecule has 0 fully saturated rings. The number of benzene rings is 3. The van der Waals surface area contributed by atoms with E-state index in [0.29, 0.717) is 22.2 Å². The third-order valence-electron chi connectivity index (χ3n) is 4.76. The molecule has 0 atom stereocenters. The first kappa shape index (κ1) is 18.5. The van der Waals surface area contributed by atoms with E-state index in [9.17, 15) is 10.1 Å². The SMILES string of the molecule is N#Cc1c(Nc2ccc(Cl)cc2)nc2n(c1=O)-c1ccccc1Sc1ccccc1-2. The molecule has 144 valence electrons. The van der Waals surface area contributed by atoms with Gasteiger partial charge in [-0.05, 0) is 42.5 Å². The lowest BCUT2D eigenvalue weighted by molar-refractivity contribution is 0.926. The van der Waals surface area contributed by atoms with Crippen molar-refractivity contribution >= 4 is 34.9 Å². The molecular weight excluding hydrogens is 416 g/mol. The molecule has 5 rings (SSSR count). The molecule has 3 aromatic carbocycles. The Kier molecular flexibility index (Phi) is 4.55. The van der Waals surface area contributed by atoms with Crippen molar-refractivity contribution in [2.45, 2.75) is 9.79 Å². The van der Waals surface area contributed by atoms with Crippen LogP contribution in [0.2, 0.25) is 5.02 Å². The van der Waals surface area contributed by atoms with Crippen LogP contribution in [0, 0.1) is 11.3 Å². The molecular formula is C23H13ClN4OS. The molecule has 7 heteroatoms. The summed E-state index contributed by atoms with van der Waals surface area (Å²) in [5.74, 6) is 0.707. The maximum atomic E-state index is 13.5. The van der Waals surface area contributed by atoms with Crippen LogP contribution in [0.1, 0.15) is 5.56 Å². The maximum absolute atomic E-state index is 13.5. The fourth-order valence-electron chi connectivity index (χ4n) is 3.37. The van der Waals surface area contributed by atoms with Crippen LogP contribution in [0.5, 0.6) is 0 Å². The average Bonchev–Trinajstić information content (AvgIpc) is 2.90. The number of aromatic nitrogens is 2. The summed E-state index contributed by atoms with van der Waals surface area (Å²) >= 11 is 7.54. The molecule has 0 unspecified atom stereocenters. The number of hydrogen-bond acceptors (Lipinski definition) is 5. The Bertz CT molecular complexity index is 1390. The number of anilines is 2. The van der Waals surface area contributed by atoms with Gasteiger partial charge in [0.2, 0.25) is 0 Å². The average molecular weight is 429 g/mol. The zero-order valence-corrected chi connectivity index (χ0v) is 17.0. The lowest BCUT2D eigenvalue weighted by Crippen LogP contribution is -2.25. The number of rotatable bonds is 2. The monoisotopic (exact) mass is 428 g/mol. The molecule has 5 nitrogen and oxygen atoms in total. The Labute approximate surface area is 181 Å². The van der Waals surface area contributed by atoms with Crippen LogP contribution < -0.4 is 10.9 Å². The second-order valence-electron chi connectivity index (χ2n) is 6.61. The van der Waals surface area contributed by atoms with Gasteiger partial charge in [-0.2, -0.15) is 5.26 Å². The van der Waals surface area contributed by atoms with Gasteiger partial charge in [0.25, 0.3) is 5.56 Å². The van der Waals surface area contributed by atoms with E-state index >= 15 is 0 Å². The minimum absolute atomic E-state index is 0.0483. The number of para-hydroxylation sites is 1. The molecule has 1 aliphatic rings. The molecule has 4 aromatic rings. The highest BCUT2D eigenvalue weighted by Crippen LogP contribution is 2.42. The zero-order chi connectivity index (χ0) is 20.7. The molecule has 0 spiro atoms. The second kappa shape index (κ2) is 7.38. The minimum atomic E-state index is -0.413. The molecule has 0 aliphatic carbocycles. The smallest absolute Gasteiger partial charge is 0.278 e. The van der Waals surface area contributed by atoms with Gasteiger partial charge in [-0.15, -0.1) is 0 Å². The van der Waals surface area contributed by atoms with Gasteiger partial charge in [-0.1, -0.05) is 53.7 Å². The topological polar surface area (TPSA) is 70.7 Å². The van der Waals surface area contributed by atoms with Crippen molar-refractivity contribution < 1.29 is 0 Å². The van der Waals surface area contributed by atoms with Crippen molar-refractivity contribution in [2.75, 3.05) is 5.32 Å². The number of nitriles is 1. The van der Waals surface area contributed by atoms with Crippen molar-refractivity contribution in [3.8, 4) is 23.1 Å². The molecule has 0 radical (unpaired) electrons. The van der Waals surface area contributed by atoms with Gasteiger partial charge >= 0.3 is 0 Å². The van der Waals surface area contributed by atoms with Gasteiger partial charge < -0.3 is 5.32 Å². The highest BCUT2D eigenvalue weighted by atomic mass is 35.5. The highest BCUT2D eigenvalue weighted by Gasteiger charge is 2.25. The minimum Gasteiger partial charge on any atom is -0.339 e. The fraction of sp³-hybridized carbons (Fsp3) is 0. The normalized spacial score (nSPS) is 11.5. The van der Waals surface area contributed by atoms with Crippen molar-refractivity contribution in [2.24, 2.45) is 0 Å². The lowest BCUT2D eigenvalue weighted by atomic mass is 10.1. The molecule has 30 heavy (non-hydrogen) atoms. The molecule has 0 saturated carbocycles. The second-order valence-corrected chi connectivity index (χ2v) is 8.13. The van der Waals surface area contributed by atoms with Crippen molar-refractivity contribution in [3.63, 3.8) is 0 Å². The molecule has 0 bridgehead atoms. The molecule has 0 saturated heterocycles. The van der Waals surface area contributed by atoms with Crippen molar-refractivity contribution in [1.82, 2.24) is 9.55 Å². The van der Waals surface area contributed by atoms with E-state index < -0.39 is 5.56 Å². The van der Waals surface area contributed by atoms with Gasteiger partial charge in [0, 0.05) is 26.1 Å². The summed E-state index contributed by atoms with van der Waals surface area (Å²) in [7, 11) is 0. The van der Waals surface area contributed by atoms with Gasteiger partial charge in [0.1, 0.15) is 6.07 Å². The fourth-order valence-corrected chi connectivity index (χ4v) is 4.56. The molecule has 1 aliphatic heterocycles. The van der Waals surface area contributed by atoms with E-state index in [-0.39, 0.29) is 11.4 Å². The van der Waals surface area contributed by atoms with Crippen LogP contribution in [-0.4, -0.2) is 9.55 Å². The number of halogens is 1. The maximum Gasteiger partial charge on any atom is 0.278 e. The summed E-state index contributed by atoms with van der Waals surface area (Å²) in [5.41, 5.74) is 1.77. The quantitative estimate of drug-likeness (QED) is 0.394. The number of nitrogens with zero attached hydrogens (tertiary/aromatic N) is 3. The van der Waals surface area contributed by atoms with Gasteiger partial charge in [0.15, 0.2) is 17.2 Å². The number of fused-ring (bicyclic) bond motifs is 5. The summed E-state index contributed by atoms with van der Waals surface area (Å²) in [4.78, 5) is 20.1. The van der Waals surface area contributed by atoms with E-state index in [2.05, 4.69) is 5.32 Å². The highest BCUT2D eigenvalue weighted by molar-refractivity contribution is 7.99. The van der Waals surface area contributed by atoms with Crippen LogP contribution >= 0.6 is 23.4 Å².